The second-order valence-corrected chi connectivity index (χ2v) is 5.02. The normalized spacial score (nSPS) is 12.6. The van der Waals surface area contributed by atoms with E-state index in [4.69, 9.17) is 17.2 Å². The Balaban J connectivity index is 2.68. The van der Waals surface area contributed by atoms with Crippen LogP contribution in [0.1, 0.15) is 11.4 Å². The highest BCUT2D eigenvalue weighted by molar-refractivity contribution is 5.79. The van der Waals surface area contributed by atoms with E-state index in [9.17, 15) is 14.7 Å². The molecule has 1 heterocycles. The number of nitrogens with zero attached hydrogens (tertiary/aromatic N) is 3. The van der Waals surface area contributed by atoms with Gasteiger partial charge in [0.15, 0.2) is 0 Å². The minimum Gasteiger partial charge on any atom is -0.396 e. The number of rotatable bonds is 8. The standard InChI is InChI=1S/C12H22N6O3/c1-7-12(15)8(2)18(16-7)4-9(19)3-17(5-10(13)20)6-11(14)21/h9,19H,3-6,15H2,1-2H3,(H2,13,20)(H2,14,21). The fraction of sp³-hybridized carbons (Fsp3) is 0.583. The number of anilines is 1. The lowest BCUT2D eigenvalue weighted by atomic mass is 10.3. The third kappa shape index (κ3) is 5.04. The molecule has 0 aliphatic heterocycles. The first-order valence-corrected chi connectivity index (χ1v) is 6.47. The lowest BCUT2D eigenvalue weighted by molar-refractivity contribution is -0.122. The molecule has 0 saturated heterocycles. The van der Waals surface area contributed by atoms with Crippen LogP contribution in [0.2, 0.25) is 0 Å². The van der Waals surface area contributed by atoms with Crippen molar-refractivity contribution in [2.24, 2.45) is 11.5 Å². The Hall–Kier alpha value is -2.13. The third-order valence-corrected chi connectivity index (χ3v) is 3.05. The van der Waals surface area contributed by atoms with Crippen LogP contribution in [0.4, 0.5) is 5.69 Å². The molecule has 1 unspecified atom stereocenters. The number of aliphatic hydroxyl groups excluding tert-OH is 1. The van der Waals surface area contributed by atoms with Crippen LogP contribution in [-0.2, 0) is 16.1 Å². The number of primary amides is 2. The van der Waals surface area contributed by atoms with Gasteiger partial charge in [0.05, 0.1) is 42.8 Å². The van der Waals surface area contributed by atoms with Crippen LogP contribution in [-0.4, -0.2) is 57.3 Å². The van der Waals surface area contributed by atoms with Crippen molar-refractivity contribution >= 4 is 17.5 Å². The topological polar surface area (TPSA) is 153 Å². The van der Waals surface area contributed by atoms with Gasteiger partial charge >= 0.3 is 0 Å². The Bertz CT molecular complexity index is 511. The molecule has 1 aromatic heterocycles. The van der Waals surface area contributed by atoms with Crippen LogP contribution in [0.25, 0.3) is 0 Å². The molecule has 0 fully saturated rings. The zero-order chi connectivity index (χ0) is 16.2. The number of aryl methyl sites for hydroxylation is 1. The van der Waals surface area contributed by atoms with Gasteiger partial charge in [-0.3, -0.25) is 19.2 Å². The van der Waals surface area contributed by atoms with Crippen LogP contribution in [0, 0.1) is 13.8 Å². The number of hydrogen-bond donors (Lipinski definition) is 4. The van der Waals surface area contributed by atoms with Crippen molar-refractivity contribution < 1.29 is 14.7 Å². The summed E-state index contributed by atoms with van der Waals surface area (Å²) in [4.78, 5) is 23.3. The monoisotopic (exact) mass is 298 g/mol. The average Bonchev–Trinajstić information content (AvgIpc) is 2.55. The summed E-state index contributed by atoms with van der Waals surface area (Å²) in [5.74, 6) is -1.20. The summed E-state index contributed by atoms with van der Waals surface area (Å²) in [6.07, 6.45) is -0.846. The van der Waals surface area contributed by atoms with E-state index in [1.54, 1.807) is 18.5 Å². The van der Waals surface area contributed by atoms with Gasteiger partial charge in [-0.1, -0.05) is 0 Å². The van der Waals surface area contributed by atoms with Crippen molar-refractivity contribution in [1.29, 1.82) is 0 Å². The molecular weight excluding hydrogens is 276 g/mol. The first kappa shape index (κ1) is 16.9. The minimum absolute atomic E-state index is 0.0735. The fourth-order valence-electron chi connectivity index (χ4n) is 2.07. The molecule has 0 aromatic carbocycles. The molecule has 0 bridgehead atoms. The summed E-state index contributed by atoms with van der Waals surface area (Å²) in [6, 6.07) is 0. The number of carbonyl (C=O) groups excluding carboxylic acids is 2. The van der Waals surface area contributed by atoms with E-state index < -0.39 is 17.9 Å². The Morgan fingerprint density at radius 1 is 1.29 bits per heavy atom. The molecule has 2 amide bonds. The third-order valence-electron chi connectivity index (χ3n) is 3.05. The Kier molecular flexibility index (Phi) is 5.68. The average molecular weight is 298 g/mol. The molecule has 7 N–H and O–H groups in total. The highest BCUT2D eigenvalue weighted by Gasteiger charge is 2.18. The zero-order valence-corrected chi connectivity index (χ0v) is 12.2. The van der Waals surface area contributed by atoms with E-state index in [0.29, 0.717) is 11.4 Å². The van der Waals surface area contributed by atoms with Crippen LogP contribution >= 0.6 is 0 Å². The maximum atomic E-state index is 10.9. The molecule has 0 aliphatic rings. The first-order valence-electron chi connectivity index (χ1n) is 6.47. The largest absolute Gasteiger partial charge is 0.396 e. The molecule has 0 saturated carbocycles. The van der Waals surface area contributed by atoms with Crippen LogP contribution in [0.15, 0.2) is 0 Å². The molecule has 118 valence electrons. The number of amides is 2. The molecule has 0 spiro atoms. The van der Waals surface area contributed by atoms with E-state index in [-0.39, 0.29) is 26.2 Å². The highest BCUT2D eigenvalue weighted by atomic mass is 16.3. The molecule has 1 rings (SSSR count). The number of nitrogens with two attached hydrogens (primary N) is 3. The SMILES string of the molecule is Cc1nn(CC(O)CN(CC(N)=O)CC(N)=O)c(C)c1N. The fourth-order valence-corrected chi connectivity index (χ4v) is 2.07. The van der Waals surface area contributed by atoms with Gasteiger partial charge in [0, 0.05) is 6.54 Å². The van der Waals surface area contributed by atoms with E-state index in [0.717, 1.165) is 5.69 Å². The summed E-state index contributed by atoms with van der Waals surface area (Å²) in [5.41, 5.74) is 18.0. The summed E-state index contributed by atoms with van der Waals surface area (Å²) in [5, 5.41) is 14.3. The van der Waals surface area contributed by atoms with Crippen LogP contribution in [0.5, 0.6) is 0 Å². The van der Waals surface area contributed by atoms with Gasteiger partial charge in [-0.2, -0.15) is 5.10 Å². The lowest BCUT2D eigenvalue weighted by Crippen LogP contribution is -2.44. The minimum atomic E-state index is -0.846. The number of hydrogen-bond acceptors (Lipinski definition) is 6. The second-order valence-electron chi connectivity index (χ2n) is 5.02. The maximum absolute atomic E-state index is 10.9. The molecule has 1 atom stereocenters. The molecular formula is C12H22N6O3. The summed E-state index contributed by atoms with van der Waals surface area (Å²) < 4.78 is 1.59. The van der Waals surface area contributed by atoms with Gasteiger partial charge in [-0.05, 0) is 13.8 Å². The molecule has 9 heteroatoms. The summed E-state index contributed by atoms with van der Waals surface area (Å²) >= 11 is 0. The second kappa shape index (κ2) is 7.04. The van der Waals surface area contributed by atoms with E-state index in [1.165, 1.54) is 4.90 Å². The van der Waals surface area contributed by atoms with Crippen LogP contribution in [0.3, 0.4) is 0 Å². The van der Waals surface area contributed by atoms with Crippen molar-refractivity contribution in [2.75, 3.05) is 25.4 Å². The molecule has 21 heavy (non-hydrogen) atoms. The van der Waals surface area contributed by atoms with Gasteiger partial charge in [0.1, 0.15) is 0 Å². The Morgan fingerprint density at radius 2 is 1.81 bits per heavy atom. The van der Waals surface area contributed by atoms with Crippen molar-refractivity contribution in [3.8, 4) is 0 Å². The van der Waals surface area contributed by atoms with Gasteiger partial charge in [0.25, 0.3) is 0 Å². The Labute approximate surface area is 122 Å². The summed E-state index contributed by atoms with van der Waals surface area (Å²) in [6.45, 7) is 3.53. The van der Waals surface area contributed by atoms with Gasteiger partial charge in [0.2, 0.25) is 11.8 Å². The molecule has 1 aromatic rings. The van der Waals surface area contributed by atoms with Gasteiger partial charge in [-0.25, -0.2) is 0 Å². The molecule has 9 nitrogen and oxygen atoms in total. The molecule has 0 aliphatic carbocycles. The van der Waals surface area contributed by atoms with E-state index in [2.05, 4.69) is 5.10 Å². The first-order chi connectivity index (χ1) is 9.70. The zero-order valence-electron chi connectivity index (χ0n) is 12.2. The number of nitrogen functional groups attached to an aromatic ring is 1. The van der Waals surface area contributed by atoms with Gasteiger partial charge < -0.3 is 22.3 Å². The quantitative estimate of drug-likeness (QED) is 0.424. The van der Waals surface area contributed by atoms with E-state index in [1.807, 2.05) is 0 Å². The predicted octanol–water partition coefficient (Wildman–Crippen LogP) is -2.28. The maximum Gasteiger partial charge on any atom is 0.231 e. The van der Waals surface area contributed by atoms with Gasteiger partial charge in [-0.15, -0.1) is 0 Å². The highest BCUT2D eigenvalue weighted by Crippen LogP contribution is 2.15. The van der Waals surface area contributed by atoms with Crippen LogP contribution < -0.4 is 17.2 Å². The lowest BCUT2D eigenvalue weighted by Gasteiger charge is -2.22. The van der Waals surface area contributed by atoms with Crippen molar-refractivity contribution in [2.45, 2.75) is 26.5 Å². The number of aromatic nitrogens is 2. The number of carbonyl (C=O) groups is 2. The van der Waals surface area contributed by atoms with E-state index >= 15 is 0 Å². The molecule has 0 radical (unpaired) electrons. The number of aliphatic hydroxyl groups is 1. The van der Waals surface area contributed by atoms with Crippen molar-refractivity contribution in [1.82, 2.24) is 14.7 Å². The smallest absolute Gasteiger partial charge is 0.231 e. The van der Waals surface area contributed by atoms with Crippen molar-refractivity contribution in [3.63, 3.8) is 0 Å². The summed E-state index contributed by atoms with van der Waals surface area (Å²) in [7, 11) is 0. The van der Waals surface area contributed by atoms with Crippen molar-refractivity contribution in [3.05, 3.63) is 11.4 Å². The Morgan fingerprint density at radius 3 is 2.19 bits per heavy atom. The predicted molar refractivity (Wildman–Crippen MR) is 76.9 cm³/mol.